The zero-order valence-corrected chi connectivity index (χ0v) is 17.4. The molecule has 0 aliphatic carbocycles. The normalized spacial score (nSPS) is 16.6. The van der Waals surface area contributed by atoms with Crippen molar-refractivity contribution in [3.8, 4) is 5.75 Å². The summed E-state index contributed by atoms with van der Waals surface area (Å²) < 4.78 is 49.1. The van der Waals surface area contributed by atoms with Gasteiger partial charge in [-0.05, 0) is 55.3 Å². The second-order valence-corrected chi connectivity index (χ2v) is 8.76. The van der Waals surface area contributed by atoms with Gasteiger partial charge in [0, 0.05) is 37.2 Å². The van der Waals surface area contributed by atoms with Crippen molar-refractivity contribution in [2.24, 2.45) is 0 Å². The monoisotopic (exact) mass is 441 g/mol. The SMILES string of the molecule is CC(=O)N(Cc1cc(Cl)ccc1OS(=O)(=O)c1ccc(F)cc1)CC1CCCO1. The van der Waals surface area contributed by atoms with Crippen LogP contribution in [0.1, 0.15) is 25.3 Å². The summed E-state index contributed by atoms with van der Waals surface area (Å²) in [6, 6.07) is 8.82. The zero-order chi connectivity index (χ0) is 21.0. The highest BCUT2D eigenvalue weighted by Crippen LogP contribution is 2.28. The van der Waals surface area contributed by atoms with E-state index in [9.17, 15) is 17.6 Å². The summed E-state index contributed by atoms with van der Waals surface area (Å²) in [4.78, 5) is 13.5. The van der Waals surface area contributed by atoms with Crippen LogP contribution >= 0.6 is 11.6 Å². The summed E-state index contributed by atoms with van der Waals surface area (Å²) in [6.45, 7) is 2.61. The Morgan fingerprint density at radius 1 is 1.28 bits per heavy atom. The summed E-state index contributed by atoms with van der Waals surface area (Å²) >= 11 is 6.08. The molecular formula is C20H21ClFNO5S. The van der Waals surface area contributed by atoms with E-state index in [2.05, 4.69) is 0 Å². The first-order valence-electron chi connectivity index (χ1n) is 9.10. The minimum absolute atomic E-state index is 0.0506. The molecule has 2 aromatic rings. The molecule has 1 aliphatic heterocycles. The van der Waals surface area contributed by atoms with Crippen LogP contribution in [0, 0.1) is 5.82 Å². The van der Waals surface area contributed by atoms with Crippen LogP contribution in [0.3, 0.4) is 0 Å². The molecule has 0 spiro atoms. The van der Waals surface area contributed by atoms with Crippen LogP contribution in [0.15, 0.2) is 47.4 Å². The maximum atomic E-state index is 13.1. The maximum Gasteiger partial charge on any atom is 0.339 e. The lowest BCUT2D eigenvalue weighted by atomic mass is 10.1. The van der Waals surface area contributed by atoms with Crippen LogP contribution in [-0.2, 0) is 26.2 Å². The number of carbonyl (C=O) groups is 1. The maximum absolute atomic E-state index is 13.1. The molecule has 2 aromatic carbocycles. The first-order valence-corrected chi connectivity index (χ1v) is 10.9. The number of carbonyl (C=O) groups excluding carboxylic acids is 1. The van der Waals surface area contributed by atoms with Gasteiger partial charge in [0.15, 0.2) is 0 Å². The largest absolute Gasteiger partial charge is 0.379 e. The molecule has 1 fully saturated rings. The van der Waals surface area contributed by atoms with E-state index in [4.69, 9.17) is 20.5 Å². The van der Waals surface area contributed by atoms with E-state index in [1.165, 1.54) is 19.1 Å². The number of ether oxygens (including phenoxy) is 1. The highest BCUT2D eigenvalue weighted by Gasteiger charge is 2.24. The Morgan fingerprint density at radius 3 is 2.62 bits per heavy atom. The Bertz CT molecular complexity index is 975. The van der Waals surface area contributed by atoms with Gasteiger partial charge in [0.25, 0.3) is 0 Å². The van der Waals surface area contributed by atoms with Crippen molar-refractivity contribution in [2.75, 3.05) is 13.2 Å². The van der Waals surface area contributed by atoms with E-state index in [1.807, 2.05) is 0 Å². The second-order valence-electron chi connectivity index (χ2n) is 6.78. The molecule has 1 heterocycles. The van der Waals surface area contributed by atoms with Gasteiger partial charge >= 0.3 is 10.1 Å². The molecule has 0 saturated carbocycles. The number of halogens is 2. The molecule has 1 aliphatic rings. The van der Waals surface area contributed by atoms with Crippen molar-refractivity contribution in [1.82, 2.24) is 4.90 Å². The van der Waals surface area contributed by atoms with Gasteiger partial charge in [0.05, 0.1) is 6.10 Å². The van der Waals surface area contributed by atoms with Crippen LogP contribution in [-0.4, -0.2) is 38.5 Å². The summed E-state index contributed by atoms with van der Waals surface area (Å²) in [6.07, 6.45) is 1.75. The molecule has 29 heavy (non-hydrogen) atoms. The van der Waals surface area contributed by atoms with Crippen LogP contribution in [0.2, 0.25) is 5.02 Å². The first-order chi connectivity index (χ1) is 13.7. The molecule has 0 radical (unpaired) electrons. The standard InChI is InChI=1S/C20H21ClFNO5S/c1-14(24)23(13-18-3-2-10-27-18)12-15-11-16(21)4-9-20(15)28-29(25,26)19-7-5-17(22)6-8-19/h4-9,11,18H,2-3,10,12-13H2,1H3. The van der Waals surface area contributed by atoms with Gasteiger partial charge in [-0.15, -0.1) is 0 Å². The van der Waals surface area contributed by atoms with E-state index in [1.54, 1.807) is 11.0 Å². The van der Waals surface area contributed by atoms with E-state index in [-0.39, 0.29) is 29.2 Å². The lowest BCUT2D eigenvalue weighted by Gasteiger charge is -2.25. The van der Waals surface area contributed by atoms with Gasteiger partial charge < -0.3 is 13.8 Å². The van der Waals surface area contributed by atoms with E-state index in [0.717, 1.165) is 37.1 Å². The van der Waals surface area contributed by atoms with Gasteiger partial charge in [0.2, 0.25) is 5.91 Å². The van der Waals surface area contributed by atoms with Gasteiger partial charge in [0.1, 0.15) is 16.5 Å². The molecule has 3 rings (SSSR count). The van der Waals surface area contributed by atoms with Gasteiger partial charge in [-0.3, -0.25) is 4.79 Å². The Balaban J connectivity index is 1.84. The summed E-state index contributed by atoms with van der Waals surface area (Å²) in [7, 11) is -4.18. The van der Waals surface area contributed by atoms with Crippen molar-refractivity contribution in [2.45, 2.75) is 37.3 Å². The van der Waals surface area contributed by atoms with Gasteiger partial charge in [-0.1, -0.05) is 11.6 Å². The molecule has 9 heteroatoms. The summed E-state index contributed by atoms with van der Waals surface area (Å²) in [5.41, 5.74) is 0.441. The van der Waals surface area contributed by atoms with E-state index < -0.39 is 15.9 Å². The predicted molar refractivity (Wildman–Crippen MR) is 106 cm³/mol. The number of benzene rings is 2. The molecule has 1 unspecified atom stereocenters. The average Bonchev–Trinajstić information content (AvgIpc) is 3.16. The third-order valence-corrected chi connectivity index (χ3v) is 6.06. The fraction of sp³-hybridized carbons (Fsp3) is 0.350. The number of nitrogens with zero attached hydrogens (tertiary/aromatic N) is 1. The van der Waals surface area contributed by atoms with Gasteiger partial charge in [-0.25, -0.2) is 4.39 Å². The van der Waals surface area contributed by atoms with Crippen molar-refractivity contribution >= 4 is 27.6 Å². The summed E-state index contributed by atoms with van der Waals surface area (Å²) in [5.74, 6) is -0.674. The molecule has 0 bridgehead atoms. The fourth-order valence-electron chi connectivity index (χ4n) is 3.06. The highest BCUT2D eigenvalue weighted by molar-refractivity contribution is 7.87. The van der Waals surface area contributed by atoms with Crippen molar-refractivity contribution in [3.05, 3.63) is 58.9 Å². The zero-order valence-electron chi connectivity index (χ0n) is 15.8. The fourth-order valence-corrected chi connectivity index (χ4v) is 4.22. The topological polar surface area (TPSA) is 72.9 Å². The van der Waals surface area contributed by atoms with Crippen molar-refractivity contribution in [3.63, 3.8) is 0 Å². The molecule has 1 saturated heterocycles. The minimum Gasteiger partial charge on any atom is -0.379 e. The van der Waals surface area contributed by atoms with Crippen LogP contribution in [0.25, 0.3) is 0 Å². The molecule has 1 atom stereocenters. The third kappa shape index (κ3) is 5.68. The third-order valence-electron chi connectivity index (χ3n) is 4.58. The Morgan fingerprint density at radius 2 is 2.00 bits per heavy atom. The number of hydrogen-bond acceptors (Lipinski definition) is 5. The smallest absolute Gasteiger partial charge is 0.339 e. The highest BCUT2D eigenvalue weighted by atomic mass is 35.5. The van der Waals surface area contributed by atoms with E-state index in [0.29, 0.717) is 23.7 Å². The van der Waals surface area contributed by atoms with Gasteiger partial charge in [-0.2, -0.15) is 8.42 Å². The Kier molecular flexibility index (Phi) is 6.77. The van der Waals surface area contributed by atoms with Crippen molar-refractivity contribution < 1.29 is 26.5 Å². The lowest BCUT2D eigenvalue weighted by Crippen LogP contribution is -2.35. The average molecular weight is 442 g/mol. The van der Waals surface area contributed by atoms with Crippen molar-refractivity contribution in [1.29, 1.82) is 0 Å². The molecule has 0 aromatic heterocycles. The lowest BCUT2D eigenvalue weighted by molar-refractivity contribution is -0.131. The molecule has 6 nitrogen and oxygen atoms in total. The van der Waals surface area contributed by atoms with Crippen LogP contribution in [0.5, 0.6) is 5.75 Å². The quantitative estimate of drug-likeness (QED) is 0.611. The Hall–Kier alpha value is -2.16. The minimum atomic E-state index is -4.18. The number of hydrogen-bond donors (Lipinski definition) is 0. The number of rotatable bonds is 7. The summed E-state index contributed by atoms with van der Waals surface area (Å²) in [5, 5.41) is 0.382. The van der Waals surface area contributed by atoms with Crippen LogP contribution in [0.4, 0.5) is 4.39 Å². The molecule has 1 amide bonds. The van der Waals surface area contributed by atoms with E-state index >= 15 is 0 Å². The molecule has 156 valence electrons. The van der Waals surface area contributed by atoms with Crippen LogP contribution < -0.4 is 4.18 Å². The number of amides is 1. The molecular weight excluding hydrogens is 421 g/mol. The second kappa shape index (κ2) is 9.11. The Labute approximate surface area is 174 Å². The predicted octanol–water partition coefficient (Wildman–Crippen LogP) is 3.77. The first kappa shape index (κ1) is 21.5. The molecule has 0 N–H and O–H groups in total.